The predicted octanol–water partition coefficient (Wildman–Crippen LogP) is 5.40. The molecule has 0 saturated heterocycles. The lowest BCUT2D eigenvalue weighted by Crippen LogP contribution is -2.28. The Morgan fingerprint density at radius 3 is 1.95 bits per heavy atom. The minimum Gasteiger partial charge on any atom is -0.389 e. The summed E-state index contributed by atoms with van der Waals surface area (Å²) in [6.45, 7) is 13.0. The zero-order chi connectivity index (χ0) is 16.0. The van der Waals surface area contributed by atoms with Crippen molar-refractivity contribution in [3.05, 3.63) is 28.2 Å². The maximum absolute atomic E-state index is 10.1. The predicted molar refractivity (Wildman–Crippen MR) is 95.9 cm³/mol. The normalized spacial score (nSPS) is 13.0. The molecule has 0 aliphatic rings. The smallest absolute Gasteiger partial charge is 0.0782 e. The summed E-state index contributed by atoms with van der Waals surface area (Å²) in [5, 5.41) is 10.1. The Hall–Kier alpha value is -0.540. The van der Waals surface area contributed by atoms with Crippen molar-refractivity contribution in [2.45, 2.75) is 53.6 Å². The number of aliphatic hydroxyl groups is 1. The fourth-order valence-corrected chi connectivity index (χ4v) is 2.71. The summed E-state index contributed by atoms with van der Waals surface area (Å²) in [5.74, 6) is 1.38. The molecule has 0 bridgehead atoms. The van der Waals surface area contributed by atoms with Crippen LogP contribution in [0.15, 0.2) is 22.7 Å². The van der Waals surface area contributed by atoms with Crippen molar-refractivity contribution in [2.24, 2.45) is 11.8 Å². The summed E-state index contributed by atoms with van der Waals surface area (Å²) >= 11 is 3.51. The first-order valence-corrected chi connectivity index (χ1v) is 8.83. The van der Waals surface area contributed by atoms with Crippen LogP contribution >= 0.6 is 15.9 Å². The molecule has 1 rings (SSSR count). The van der Waals surface area contributed by atoms with Gasteiger partial charge in [0.25, 0.3) is 0 Å². The fraction of sp³-hybridized carbons (Fsp3) is 0.667. The third kappa shape index (κ3) is 6.39. The number of hydrogen-bond donors (Lipinski definition) is 1. The number of aliphatic hydroxyl groups excluding tert-OH is 1. The van der Waals surface area contributed by atoms with Gasteiger partial charge in [-0.05, 0) is 49.8 Å². The molecular weight excluding hydrogens is 326 g/mol. The van der Waals surface area contributed by atoms with Crippen LogP contribution in [-0.4, -0.2) is 18.2 Å². The summed E-state index contributed by atoms with van der Waals surface area (Å²) < 4.78 is 1.02. The third-order valence-electron chi connectivity index (χ3n) is 3.73. The van der Waals surface area contributed by atoms with Crippen LogP contribution in [0.5, 0.6) is 0 Å². The van der Waals surface area contributed by atoms with Crippen molar-refractivity contribution in [1.29, 1.82) is 0 Å². The van der Waals surface area contributed by atoms with Crippen LogP contribution in [0.1, 0.15) is 59.1 Å². The van der Waals surface area contributed by atoms with E-state index in [-0.39, 0.29) is 0 Å². The molecule has 0 spiro atoms. The van der Waals surface area contributed by atoms with E-state index >= 15 is 0 Å². The van der Waals surface area contributed by atoms with Crippen molar-refractivity contribution in [3.8, 4) is 0 Å². The Morgan fingerprint density at radius 2 is 1.52 bits per heavy atom. The molecule has 3 heteroatoms. The minimum atomic E-state index is -0.446. The highest BCUT2D eigenvalue weighted by atomic mass is 79.9. The molecule has 0 fully saturated rings. The molecule has 0 amide bonds. The first-order chi connectivity index (χ1) is 9.81. The molecule has 1 aromatic rings. The standard InChI is InChI=1S/C18H30BrNO/c1-13(2)8-10-20(11-9-14(3)4)18-7-6-16(19)12-17(18)15(5)21/h6-7,12-15,21H,8-11H2,1-5H3. The third-order valence-corrected chi connectivity index (χ3v) is 4.23. The molecule has 1 atom stereocenters. The molecule has 0 heterocycles. The average Bonchev–Trinajstić information content (AvgIpc) is 2.38. The van der Waals surface area contributed by atoms with Crippen molar-refractivity contribution in [3.63, 3.8) is 0 Å². The minimum absolute atomic E-state index is 0.446. The van der Waals surface area contributed by atoms with Crippen LogP contribution < -0.4 is 4.90 Å². The zero-order valence-corrected chi connectivity index (χ0v) is 15.7. The molecule has 0 aliphatic heterocycles. The number of anilines is 1. The summed E-state index contributed by atoms with van der Waals surface area (Å²) in [6.07, 6.45) is 1.90. The number of halogens is 1. The Kier molecular flexibility index (Phi) is 7.75. The second-order valence-corrected chi connectivity index (χ2v) is 7.65. The zero-order valence-electron chi connectivity index (χ0n) is 14.1. The van der Waals surface area contributed by atoms with Crippen LogP contribution in [0.3, 0.4) is 0 Å². The highest BCUT2D eigenvalue weighted by Crippen LogP contribution is 2.30. The van der Waals surface area contributed by atoms with Gasteiger partial charge in [0, 0.05) is 28.8 Å². The molecule has 0 aliphatic carbocycles. The van der Waals surface area contributed by atoms with Crippen molar-refractivity contribution < 1.29 is 5.11 Å². The maximum atomic E-state index is 10.1. The van der Waals surface area contributed by atoms with E-state index in [1.54, 1.807) is 0 Å². The first kappa shape index (κ1) is 18.5. The van der Waals surface area contributed by atoms with E-state index in [2.05, 4.69) is 60.7 Å². The van der Waals surface area contributed by atoms with E-state index in [9.17, 15) is 5.11 Å². The Labute approximate surface area is 138 Å². The van der Waals surface area contributed by atoms with Crippen molar-refractivity contribution >= 4 is 21.6 Å². The molecule has 21 heavy (non-hydrogen) atoms. The van der Waals surface area contributed by atoms with Gasteiger partial charge >= 0.3 is 0 Å². The van der Waals surface area contributed by atoms with E-state index in [0.29, 0.717) is 11.8 Å². The SMILES string of the molecule is CC(C)CCN(CCC(C)C)c1ccc(Br)cc1C(C)O. The highest BCUT2D eigenvalue weighted by molar-refractivity contribution is 9.10. The van der Waals surface area contributed by atoms with E-state index < -0.39 is 6.10 Å². The molecule has 0 radical (unpaired) electrons. The first-order valence-electron chi connectivity index (χ1n) is 8.03. The maximum Gasteiger partial charge on any atom is 0.0782 e. The van der Waals surface area contributed by atoms with Gasteiger partial charge in [-0.25, -0.2) is 0 Å². The van der Waals surface area contributed by atoms with Crippen LogP contribution in [0.2, 0.25) is 0 Å². The lowest BCUT2D eigenvalue weighted by atomic mass is 10.0. The van der Waals surface area contributed by atoms with Crippen LogP contribution in [0, 0.1) is 11.8 Å². The monoisotopic (exact) mass is 355 g/mol. The molecular formula is C18H30BrNO. The highest BCUT2D eigenvalue weighted by Gasteiger charge is 2.15. The van der Waals surface area contributed by atoms with Crippen LogP contribution in [-0.2, 0) is 0 Å². The van der Waals surface area contributed by atoms with Crippen molar-refractivity contribution in [2.75, 3.05) is 18.0 Å². The summed E-state index contributed by atoms with van der Waals surface area (Å²) in [7, 11) is 0. The topological polar surface area (TPSA) is 23.5 Å². The number of hydrogen-bond acceptors (Lipinski definition) is 2. The van der Waals surface area contributed by atoms with Gasteiger partial charge in [0.1, 0.15) is 0 Å². The molecule has 2 nitrogen and oxygen atoms in total. The Morgan fingerprint density at radius 1 is 1.00 bits per heavy atom. The van der Waals surface area contributed by atoms with Gasteiger partial charge in [-0.3, -0.25) is 0 Å². The van der Waals surface area contributed by atoms with Gasteiger partial charge in [-0.15, -0.1) is 0 Å². The lowest BCUT2D eigenvalue weighted by molar-refractivity contribution is 0.199. The number of benzene rings is 1. The molecule has 0 saturated carbocycles. The van der Waals surface area contributed by atoms with E-state index in [1.807, 2.05) is 13.0 Å². The van der Waals surface area contributed by atoms with Gasteiger partial charge in [-0.2, -0.15) is 0 Å². The van der Waals surface area contributed by atoms with Crippen molar-refractivity contribution in [1.82, 2.24) is 0 Å². The second-order valence-electron chi connectivity index (χ2n) is 6.73. The second kappa shape index (κ2) is 8.79. The summed E-state index contributed by atoms with van der Waals surface area (Å²) in [6, 6.07) is 6.24. The molecule has 120 valence electrons. The number of rotatable bonds is 8. The van der Waals surface area contributed by atoms with E-state index in [4.69, 9.17) is 0 Å². The van der Waals surface area contributed by atoms with Crippen LogP contribution in [0.25, 0.3) is 0 Å². The molecule has 1 aromatic carbocycles. The van der Waals surface area contributed by atoms with E-state index in [0.717, 1.165) is 23.1 Å². The number of nitrogens with zero attached hydrogens (tertiary/aromatic N) is 1. The van der Waals surface area contributed by atoms with Gasteiger partial charge in [0.05, 0.1) is 6.10 Å². The van der Waals surface area contributed by atoms with Gasteiger partial charge in [0.15, 0.2) is 0 Å². The summed E-state index contributed by atoms with van der Waals surface area (Å²) in [5.41, 5.74) is 2.19. The quantitative estimate of drug-likeness (QED) is 0.674. The Balaban J connectivity index is 3.00. The van der Waals surface area contributed by atoms with Gasteiger partial charge in [-0.1, -0.05) is 43.6 Å². The van der Waals surface area contributed by atoms with E-state index in [1.165, 1.54) is 18.5 Å². The fourth-order valence-electron chi connectivity index (χ4n) is 2.33. The van der Waals surface area contributed by atoms with Gasteiger partial charge in [0.2, 0.25) is 0 Å². The average molecular weight is 356 g/mol. The summed E-state index contributed by atoms with van der Waals surface area (Å²) in [4.78, 5) is 2.44. The molecule has 0 aromatic heterocycles. The van der Waals surface area contributed by atoms with Gasteiger partial charge < -0.3 is 10.0 Å². The Bertz CT molecular complexity index is 417. The largest absolute Gasteiger partial charge is 0.389 e. The lowest BCUT2D eigenvalue weighted by Gasteiger charge is -2.29. The molecule has 1 N–H and O–H groups in total. The molecule has 1 unspecified atom stereocenters. The van der Waals surface area contributed by atoms with Crippen LogP contribution in [0.4, 0.5) is 5.69 Å².